The van der Waals surface area contributed by atoms with Gasteiger partial charge < -0.3 is 4.74 Å². The van der Waals surface area contributed by atoms with Gasteiger partial charge in [0.1, 0.15) is 12.4 Å². The number of rotatable bonds is 5. The summed E-state index contributed by atoms with van der Waals surface area (Å²) in [5.41, 5.74) is 6.43. The zero-order valence-electron chi connectivity index (χ0n) is 19.5. The second-order valence-corrected chi connectivity index (χ2v) is 10.2. The van der Waals surface area contributed by atoms with Gasteiger partial charge in [0.25, 0.3) is 5.56 Å². The van der Waals surface area contributed by atoms with E-state index in [1.165, 1.54) is 22.5 Å². The van der Waals surface area contributed by atoms with Crippen LogP contribution in [0.2, 0.25) is 5.02 Å². The van der Waals surface area contributed by atoms with Crippen LogP contribution in [0.25, 0.3) is 11.8 Å². The van der Waals surface area contributed by atoms with Crippen LogP contribution in [-0.4, -0.2) is 11.2 Å². The molecule has 4 aromatic rings. The molecule has 0 saturated carbocycles. The molecule has 2 aliphatic rings. The van der Waals surface area contributed by atoms with Crippen molar-refractivity contribution < 1.29 is 4.74 Å². The monoisotopic (exact) mass is 510 g/mol. The highest BCUT2D eigenvalue weighted by Crippen LogP contribution is 2.41. The van der Waals surface area contributed by atoms with E-state index in [0.717, 1.165) is 35.2 Å². The molecular formula is C30H23ClN2O2S. The molecule has 0 saturated heterocycles. The molecule has 6 heteroatoms. The van der Waals surface area contributed by atoms with Crippen molar-refractivity contribution in [2.45, 2.75) is 18.9 Å². The summed E-state index contributed by atoms with van der Waals surface area (Å²) in [7, 11) is 0. The van der Waals surface area contributed by atoms with E-state index < -0.39 is 0 Å². The lowest BCUT2D eigenvalue weighted by Gasteiger charge is -2.30. The van der Waals surface area contributed by atoms with Crippen LogP contribution >= 0.6 is 22.9 Å². The number of ether oxygens (including phenoxy) is 1. The molecule has 1 aliphatic heterocycles. The average Bonchev–Trinajstić information content (AvgIpc) is 3.22. The molecule has 0 radical (unpaired) electrons. The van der Waals surface area contributed by atoms with E-state index in [2.05, 4.69) is 30.8 Å². The Morgan fingerprint density at radius 3 is 2.67 bits per heavy atom. The van der Waals surface area contributed by atoms with Crippen molar-refractivity contribution in [3.05, 3.63) is 138 Å². The third-order valence-corrected chi connectivity index (χ3v) is 7.86. The molecule has 0 bridgehead atoms. The minimum Gasteiger partial charge on any atom is -0.489 e. The molecule has 6 rings (SSSR count). The van der Waals surface area contributed by atoms with Gasteiger partial charge >= 0.3 is 0 Å². The molecule has 178 valence electrons. The highest BCUT2D eigenvalue weighted by Gasteiger charge is 2.32. The van der Waals surface area contributed by atoms with Gasteiger partial charge in [-0.1, -0.05) is 90.2 Å². The van der Waals surface area contributed by atoms with Gasteiger partial charge in [-0.25, -0.2) is 4.99 Å². The maximum absolute atomic E-state index is 13.9. The molecule has 2 heterocycles. The molecule has 0 unspecified atom stereocenters. The van der Waals surface area contributed by atoms with E-state index in [1.54, 1.807) is 6.08 Å². The fourth-order valence-corrected chi connectivity index (χ4v) is 6.11. The smallest absolute Gasteiger partial charge is 0.271 e. The number of aromatic nitrogens is 1. The van der Waals surface area contributed by atoms with Gasteiger partial charge in [0.15, 0.2) is 4.80 Å². The Bertz CT molecular complexity index is 1700. The van der Waals surface area contributed by atoms with Crippen LogP contribution in [0, 0.1) is 0 Å². The Balaban J connectivity index is 1.58. The summed E-state index contributed by atoms with van der Waals surface area (Å²) >= 11 is 7.63. The zero-order chi connectivity index (χ0) is 24.6. The Labute approximate surface area is 217 Å². The fraction of sp³-hybridized carbons (Fsp3) is 0.133. The van der Waals surface area contributed by atoms with Crippen molar-refractivity contribution in [1.29, 1.82) is 0 Å². The van der Waals surface area contributed by atoms with Crippen LogP contribution in [0.15, 0.2) is 101 Å². The predicted octanol–water partition coefficient (Wildman–Crippen LogP) is 5.54. The zero-order valence-corrected chi connectivity index (χ0v) is 21.1. The maximum atomic E-state index is 13.9. The summed E-state index contributed by atoms with van der Waals surface area (Å²) in [6.07, 6.45) is 5.38. The number of aryl methyl sites for hydroxylation is 1. The predicted molar refractivity (Wildman–Crippen MR) is 146 cm³/mol. The lowest BCUT2D eigenvalue weighted by Crippen LogP contribution is -2.38. The van der Waals surface area contributed by atoms with Crippen molar-refractivity contribution in [3.63, 3.8) is 0 Å². The highest BCUT2D eigenvalue weighted by molar-refractivity contribution is 7.07. The van der Waals surface area contributed by atoms with Gasteiger partial charge in [-0.05, 0) is 53.8 Å². The van der Waals surface area contributed by atoms with Crippen molar-refractivity contribution in [3.8, 4) is 5.75 Å². The van der Waals surface area contributed by atoms with Crippen LogP contribution in [-0.2, 0) is 6.42 Å². The maximum Gasteiger partial charge on any atom is 0.271 e. The fourth-order valence-electron chi connectivity index (χ4n) is 4.99. The number of para-hydroxylation sites is 1. The van der Waals surface area contributed by atoms with Crippen LogP contribution in [0.1, 0.15) is 34.7 Å². The van der Waals surface area contributed by atoms with Crippen molar-refractivity contribution in [1.82, 2.24) is 4.57 Å². The summed E-state index contributed by atoms with van der Waals surface area (Å²) in [6, 6.07) is 23.7. The van der Waals surface area contributed by atoms with Crippen LogP contribution < -0.4 is 19.6 Å². The molecule has 1 atom stereocenters. The van der Waals surface area contributed by atoms with Gasteiger partial charge in [-0.3, -0.25) is 9.36 Å². The van der Waals surface area contributed by atoms with Crippen LogP contribution in [0.5, 0.6) is 5.75 Å². The average molecular weight is 511 g/mol. The topological polar surface area (TPSA) is 43.6 Å². The van der Waals surface area contributed by atoms with E-state index in [4.69, 9.17) is 21.3 Å². The third-order valence-electron chi connectivity index (χ3n) is 6.62. The molecule has 0 spiro atoms. The quantitative estimate of drug-likeness (QED) is 0.331. The van der Waals surface area contributed by atoms with E-state index >= 15 is 0 Å². The third kappa shape index (κ3) is 3.94. The lowest BCUT2D eigenvalue weighted by atomic mass is 9.83. The molecule has 1 aromatic heterocycles. The number of nitrogens with zero attached hydrogens (tertiary/aromatic N) is 2. The van der Waals surface area contributed by atoms with Crippen LogP contribution in [0.4, 0.5) is 0 Å². The second kappa shape index (κ2) is 9.41. The Morgan fingerprint density at radius 1 is 1.06 bits per heavy atom. The Hall–Kier alpha value is -3.67. The number of hydrogen-bond acceptors (Lipinski definition) is 4. The van der Waals surface area contributed by atoms with Gasteiger partial charge in [-0.15, -0.1) is 0 Å². The van der Waals surface area contributed by atoms with Gasteiger partial charge in [0.05, 0.1) is 16.3 Å². The lowest BCUT2D eigenvalue weighted by molar-refractivity contribution is 0.362. The van der Waals surface area contributed by atoms with Gasteiger partial charge in [0.2, 0.25) is 0 Å². The molecule has 0 N–H and O–H groups in total. The normalized spacial score (nSPS) is 16.6. The van der Waals surface area contributed by atoms with Crippen molar-refractivity contribution in [2.75, 3.05) is 6.61 Å². The number of benzene rings is 3. The minimum atomic E-state index is -0.226. The van der Waals surface area contributed by atoms with E-state index in [1.807, 2.05) is 59.2 Å². The number of fused-ring (bicyclic) bond motifs is 3. The molecule has 3 aromatic carbocycles. The van der Waals surface area contributed by atoms with Crippen molar-refractivity contribution in [2.24, 2.45) is 4.99 Å². The molecule has 36 heavy (non-hydrogen) atoms. The van der Waals surface area contributed by atoms with E-state index in [9.17, 15) is 4.79 Å². The first kappa shape index (κ1) is 22.8. The SMILES string of the molecule is C=CCOc1ccccc1/C=c1\sc2n(c1=O)[C@H](c1ccc(Cl)cc1)C1=C(N=2)c2ccccc2CC1. The van der Waals surface area contributed by atoms with Gasteiger partial charge in [-0.2, -0.15) is 0 Å². The summed E-state index contributed by atoms with van der Waals surface area (Å²) in [4.78, 5) is 19.7. The molecule has 0 amide bonds. The molecule has 4 nitrogen and oxygen atoms in total. The van der Waals surface area contributed by atoms with E-state index in [-0.39, 0.29) is 11.6 Å². The molecule has 0 fully saturated rings. The highest BCUT2D eigenvalue weighted by atomic mass is 35.5. The molecule has 1 aliphatic carbocycles. The first-order valence-electron chi connectivity index (χ1n) is 11.9. The number of hydrogen-bond donors (Lipinski definition) is 0. The first-order chi connectivity index (χ1) is 17.6. The summed E-state index contributed by atoms with van der Waals surface area (Å²) in [5, 5.41) is 0.672. The standard InChI is InChI=1S/C30H23ClN2O2S/c1-2-17-35-25-10-6-4-8-21(25)18-26-29(34)33-28(20-11-14-22(31)15-12-20)24-16-13-19-7-3-5-9-23(19)27(24)32-30(33)36-26/h2-12,14-15,18,28H,1,13,16-17H2/b26-18-/t28-/m1/s1. The largest absolute Gasteiger partial charge is 0.489 e. The van der Waals surface area contributed by atoms with E-state index in [0.29, 0.717) is 26.7 Å². The molecular weight excluding hydrogens is 488 g/mol. The first-order valence-corrected chi connectivity index (χ1v) is 13.0. The summed E-state index contributed by atoms with van der Waals surface area (Å²) in [5.74, 6) is 0.714. The second-order valence-electron chi connectivity index (χ2n) is 8.80. The minimum absolute atomic E-state index is 0.0531. The number of thiazole rings is 1. The number of allylic oxidation sites excluding steroid dienone is 1. The Morgan fingerprint density at radius 2 is 1.83 bits per heavy atom. The summed E-state index contributed by atoms with van der Waals surface area (Å²) < 4.78 is 8.29. The van der Waals surface area contributed by atoms with Crippen molar-refractivity contribution >= 4 is 34.7 Å². The Kier molecular flexibility index (Phi) is 5.96. The number of halogens is 1. The summed E-state index contributed by atoms with van der Waals surface area (Å²) in [6.45, 7) is 4.13. The van der Waals surface area contributed by atoms with Gasteiger partial charge in [0, 0.05) is 16.1 Å². The van der Waals surface area contributed by atoms with Crippen LogP contribution in [0.3, 0.4) is 0 Å².